The largest absolute Gasteiger partial charge is 0.381 e. The van der Waals surface area contributed by atoms with Gasteiger partial charge >= 0.3 is 0 Å². The van der Waals surface area contributed by atoms with Crippen molar-refractivity contribution in [3.8, 4) is 0 Å². The molecule has 0 spiro atoms. The molecule has 1 fully saturated rings. The van der Waals surface area contributed by atoms with Crippen LogP contribution in [0.2, 0.25) is 0 Å². The van der Waals surface area contributed by atoms with Gasteiger partial charge in [0.25, 0.3) is 11.7 Å². The third-order valence-electron chi connectivity index (χ3n) is 3.71. The molecule has 2 aliphatic rings. The van der Waals surface area contributed by atoms with Crippen LogP contribution < -0.4 is 4.90 Å². The van der Waals surface area contributed by atoms with Crippen molar-refractivity contribution in [3.63, 3.8) is 0 Å². The Morgan fingerprint density at radius 1 is 1.29 bits per heavy atom. The van der Waals surface area contributed by atoms with Crippen molar-refractivity contribution < 1.29 is 27.9 Å². The van der Waals surface area contributed by atoms with Gasteiger partial charge in [-0.2, -0.15) is 0 Å². The number of carbonyl (C=O) groups excluding carboxylic acids is 3. The van der Waals surface area contributed by atoms with Gasteiger partial charge < -0.3 is 4.74 Å². The van der Waals surface area contributed by atoms with Crippen molar-refractivity contribution in [1.82, 2.24) is 0 Å². The van der Waals surface area contributed by atoms with E-state index in [1.54, 1.807) is 0 Å². The second kappa shape index (κ2) is 5.00. The molecule has 0 aliphatic carbocycles. The molecule has 1 saturated heterocycles. The van der Waals surface area contributed by atoms with Crippen molar-refractivity contribution in [2.24, 2.45) is 5.92 Å². The molecule has 1 aromatic carbocycles. The van der Waals surface area contributed by atoms with Gasteiger partial charge in [-0.15, -0.1) is 0 Å². The highest BCUT2D eigenvalue weighted by Gasteiger charge is 2.42. The molecule has 5 nitrogen and oxygen atoms in total. The van der Waals surface area contributed by atoms with Crippen LogP contribution in [0.3, 0.4) is 0 Å². The number of Topliss-reactive ketones (excluding diaryl/α,β-unsaturated/α-hetero) is 2. The summed E-state index contributed by atoms with van der Waals surface area (Å²) in [4.78, 5) is 36.4. The number of rotatable bonds is 3. The first-order chi connectivity index (χ1) is 10.0. The van der Waals surface area contributed by atoms with Crippen LogP contribution >= 0.6 is 0 Å². The summed E-state index contributed by atoms with van der Waals surface area (Å²) in [6.07, 6.45) is 0.521. The van der Waals surface area contributed by atoms with Crippen LogP contribution in [0.15, 0.2) is 12.1 Å². The molecule has 1 atom stereocenters. The Morgan fingerprint density at radius 2 is 2.00 bits per heavy atom. The average Bonchev–Trinajstić information content (AvgIpc) is 3.06. The molecule has 1 amide bonds. The normalized spacial score (nSPS) is 21.0. The van der Waals surface area contributed by atoms with E-state index in [1.807, 2.05) is 0 Å². The number of carbonyl (C=O) groups is 3. The Morgan fingerprint density at radius 3 is 2.67 bits per heavy atom. The number of hydrogen-bond donors (Lipinski definition) is 0. The first-order valence-corrected chi connectivity index (χ1v) is 6.45. The maximum absolute atomic E-state index is 13.8. The SMILES string of the molecule is O=C1C(=O)N(CC(=O)C2CCOC2)c2c(F)ccc(F)c21. The van der Waals surface area contributed by atoms with Crippen molar-refractivity contribution in [2.75, 3.05) is 24.7 Å². The molecule has 0 aromatic heterocycles. The maximum Gasteiger partial charge on any atom is 0.300 e. The van der Waals surface area contributed by atoms with Gasteiger partial charge in [-0.1, -0.05) is 0 Å². The molecule has 21 heavy (non-hydrogen) atoms. The Hall–Kier alpha value is -2.15. The molecule has 1 unspecified atom stereocenters. The van der Waals surface area contributed by atoms with Gasteiger partial charge in [0.1, 0.15) is 11.6 Å². The smallest absolute Gasteiger partial charge is 0.300 e. The van der Waals surface area contributed by atoms with Gasteiger partial charge in [0.15, 0.2) is 5.78 Å². The summed E-state index contributed by atoms with van der Waals surface area (Å²) in [6, 6.07) is 1.62. The van der Waals surface area contributed by atoms with E-state index in [4.69, 9.17) is 4.74 Å². The van der Waals surface area contributed by atoms with Crippen molar-refractivity contribution in [2.45, 2.75) is 6.42 Å². The molecule has 7 heteroatoms. The summed E-state index contributed by atoms with van der Waals surface area (Å²) in [5.74, 6) is -4.79. The van der Waals surface area contributed by atoms with E-state index in [2.05, 4.69) is 0 Å². The minimum Gasteiger partial charge on any atom is -0.381 e. The van der Waals surface area contributed by atoms with Gasteiger partial charge in [-0.05, 0) is 18.6 Å². The van der Waals surface area contributed by atoms with E-state index in [1.165, 1.54) is 0 Å². The number of nitrogens with zero attached hydrogens (tertiary/aromatic N) is 1. The average molecular weight is 295 g/mol. The summed E-state index contributed by atoms with van der Waals surface area (Å²) < 4.78 is 32.6. The first kappa shape index (κ1) is 13.8. The van der Waals surface area contributed by atoms with Crippen LogP contribution in [-0.2, 0) is 14.3 Å². The summed E-state index contributed by atoms with van der Waals surface area (Å²) in [5, 5.41) is 0. The van der Waals surface area contributed by atoms with Gasteiger partial charge in [0.2, 0.25) is 0 Å². The van der Waals surface area contributed by atoms with Crippen LogP contribution in [-0.4, -0.2) is 37.2 Å². The molecule has 0 N–H and O–H groups in total. The van der Waals surface area contributed by atoms with E-state index < -0.39 is 41.1 Å². The molecular formula is C14H11F2NO4. The van der Waals surface area contributed by atoms with E-state index >= 15 is 0 Å². The lowest BCUT2D eigenvalue weighted by atomic mass is 10.0. The summed E-state index contributed by atoms with van der Waals surface area (Å²) >= 11 is 0. The van der Waals surface area contributed by atoms with E-state index in [-0.39, 0.29) is 18.3 Å². The van der Waals surface area contributed by atoms with Crippen LogP contribution in [0.25, 0.3) is 0 Å². The van der Waals surface area contributed by atoms with Gasteiger partial charge in [-0.3, -0.25) is 19.3 Å². The van der Waals surface area contributed by atoms with Crippen LogP contribution in [0, 0.1) is 17.6 Å². The van der Waals surface area contributed by atoms with Gasteiger partial charge in [0.05, 0.1) is 24.4 Å². The third kappa shape index (κ3) is 2.13. The summed E-state index contributed by atoms with van der Waals surface area (Å²) in [5.41, 5.74) is -1.05. The fourth-order valence-corrected chi connectivity index (χ4v) is 2.58. The zero-order chi connectivity index (χ0) is 15.1. The number of hydrogen-bond acceptors (Lipinski definition) is 4. The zero-order valence-electron chi connectivity index (χ0n) is 10.9. The quantitative estimate of drug-likeness (QED) is 0.783. The molecule has 0 saturated carbocycles. The van der Waals surface area contributed by atoms with Gasteiger partial charge in [0, 0.05) is 12.5 Å². The van der Waals surface area contributed by atoms with Gasteiger partial charge in [-0.25, -0.2) is 8.78 Å². The fourth-order valence-electron chi connectivity index (χ4n) is 2.58. The summed E-state index contributed by atoms with van der Waals surface area (Å²) in [7, 11) is 0. The Kier molecular flexibility index (Phi) is 3.29. The number of anilines is 1. The van der Waals surface area contributed by atoms with E-state index in [9.17, 15) is 23.2 Å². The predicted octanol–water partition coefficient (Wildman–Crippen LogP) is 1.10. The number of ketones is 2. The lowest BCUT2D eigenvalue weighted by molar-refractivity contribution is -0.123. The lowest BCUT2D eigenvalue weighted by Gasteiger charge is -2.17. The number of benzene rings is 1. The zero-order valence-corrected chi connectivity index (χ0v) is 10.9. The van der Waals surface area contributed by atoms with E-state index in [0.29, 0.717) is 13.0 Å². The minimum absolute atomic E-state index is 0.243. The molecule has 2 heterocycles. The number of halogens is 2. The highest BCUT2D eigenvalue weighted by molar-refractivity contribution is 6.52. The Bertz CT molecular complexity index is 653. The van der Waals surface area contributed by atoms with Crippen LogP contribution in [0.5, 0.6) is 0 Å². The first-order valence-electron chi connectivity index (χ1n) is 6.45. The minimum atomic E-state index is -1.13. The number of fused-ring (bicyclic) bond motifs is 1. The Labute approximate surface area is 118 Å². The number of ether oxygens (including phenoxy) is 1. The predicted molar refractivity (Wildman–Crippen MR) is 67.0 cm³/mol. The molecule has 0 bridgehead atoms. The van der Waals surface area contributed by atoms with E-state index in [0.717, 1.165) is 17.0 Å². The topological polar surface area (TPSA) is 63.7 Å². The molecule has 2 aliphatic heterocycles. The third-order valence-corrected chi connectivity index (χ3v) is 3.71. The molecule has 110 valence electrons. The van der Waals surface area contributed by atoms with Crippen LogP contribution in [0.4, 0.5) is 14.5 Å². The molecular weight excluding hydrogens is 284 g/mol. The maximum atomic E-state index is 13.8. The van der Waals surface area contributed by atoms with Crippen molar-refractivity contribution in [1.29, 1.82) is 0 Å². The number of amides is 1. The molecule has 1 aromatic rings. The Balaban J connectivity index is 1.94. The lowest BCUT2D eigenvalue weighted by Crippen LogP contribution is -2.37. The fraction of sp³-hybridized carbons (Fsp3) is 0.357. The standard InChI is InChI=1S/C14H11F2NO4/c15-8-1-2-9(16)12-11(8)13(19)14(20)17(12)5-10(18)7-3-4-21-6-7/h1-2,7H,3-6H2. The second-order valence-electron chi connectivity index (χ2n) is 5.00. The van der Waals surface area contributed by atoms with Crippen LogP contribution in [0.1, 0.15) is 16.8 Å². The second-order valence-corrected chi connectivity index (χ2v) is 5.00. The van der Waals surface area contributed by atoms with Crippen molar-refractivity contribution >= 4 is 23.2 Å². The molecule has 0 radical (unpaired) electrons. The highest BCUT2D eigenvalue weighted by Crippen LogP contribution is 2.34. The van der Waals surface area contributed by atoms with Crippen molar-refractivity contribution in [3.05, 3.63) is 29.3 Å². The highest BCUT2D eigenvalue weighted by atomic mass is 19.1. The summed E-state index contributed by atoms with van der Waals surface area (Å²) in [6.45, 7) is 0.238. The monoisotopic (exact) mass is 295 g/mol. The molecule has 3 rings (SSSR count).